The van der Waals surface area contributed by atoms with E-state index in [2.05, 4.69) is 0 Å². The summed E-state index contributed by atoms with van der Waals surface area (Å²) in [6.45, 7) is 28.5. The predicted octanol–water partition coefficient (Wildman–Crippen LogP) is 0.576. The molecule has 0 aromatic rings. The van der Waals surface area contributed by atoms with E-state index in [1.54, 1.807) is 0 Å². The SMILES string of the molecule is [C-]#N.[C-]#N.[C-]#N.[C-]#N.[C-]#N.[C-]#N.[Ni]. The van der Waals surface area contributed by atoms with Gasteiger partial charge in [0, 0.05) is 16.5 Å². The van der Waals surface area contributed by atoms with Gasteiger partial charge in [0.2, 0.25) is 0 Å². The summed E-state index contributed by atoms with van der Waals surface area (Å²) in [6, 6.07) is 0. The number of hydrogen-bond donors (Lipinski definition) is 0. The second kappa shape index (κ2) is 102. The van der Waals surface area contributed by atoms with Crippen LogP contribution in [0, 0.1) is 71.0 Å². The Morgan fingerprint density at radius 1 is 0.308 bits per heavy atom. The van der Waals surface area contributed by atoms with Gasteiger partial charge in [-0.1, -0.05) is 0 Å². The Hall–Kier alpha value is -2.57. The largest absolute Gasteiger partial charge is 0.512 e. The maximum absolute atomic E-state index is 6.25. The van der Waals surface area contributed by atoms with Gasteiger partial charge in [-0.05, 0) is 0 Å². The van der Waals surface area contributed by atoms with Crippen molar-refractivity contribution in [1.82, 2.24) is 0 Å². The van der Waals surface area contributed by atoms with Crippen molar-refractivity contribution >= 4 is 0 Å². The zero-order valence-electron chi connectivity index (χ0n) is 6.00. The minimum Gasteiger partial charge on any atom is -0.512 e. The van der Waals surface area contributed by atoms with Gasteiger partial charge in [-0.15, -0.1) is 0 Å². The standard InChI is InChI=1S/6CN.Ni/c6*1-2;/q6*-1;. The fraction of sp³-hybridized carbons (Fsp3) is 0. The molecule has 0 aromatic heterocycles. The van der Waals surface area contributed by atoms with Gasteiger partial charge in [-0.2, -0.15) is 0 Å². The van der Waals surface area contributed by atoms with E-state index in [1.165, 1.54) is 0 Å². The van der Waals surface area contributed by atoms with Crippen molar-refractivity contribution in [2.24, 2.45) is 0 Å². The first-order valence-corrected chi connectivity index (χ1v) is 1.34. The van der Waals surface area contributed by atoms with Crippen molar-refractivity contribution in [2.75, 3.05) is 0 Å². The summed E-state index contributed by atoms with van der Waals surface area (Å²) in [5.41, 5.74) is 0. The number of rotatable bonds is 0. The maximum Gasteiger partial charge on any atom is 0 e. The minimum atomic E-state index is 0. The van der Waals surface area contributed by atoms with Crippen molar-refractivity contribution < 1.29 is 16.5 Å². The maximum atomic E-state index is 6.25. The molecular formula is C6N6Ni-6. The molecule has 0 N–H and O–H groups in total. The molecule has 0 atom stereocenters. The van der Waals surface area contributed by atoms with Crippen LogP contribution >= 0.6 is 0 Å². The minimum absolute atomic E-state index is 0. The molecule has 0 heterocycles. The smallest absolute Gasteiger partial charge is 0 e. The van der Waals surface area contributed by atoms with Crippen LogP contribution in [0.1, 0.15) is 0 Å². The molecule has 13 heavy (non-hydrogen) atoms. The van der Waals surface area contributed by atoms with E-state index in [4.69, 9.17) is 71.0 Å². The Labute approximate surface area is 88.0 Å². The van der Waals surface area contributed by atoms with E-state index in [0.717, 1.165) is 0 Å². The van der Waals surface area contributed by atoms with Crippen LogP contribution in [-0.2, 0) is 16.5 Å². The Balaban J connectivity index is -0.00000000655. The van der Waals surface area contributed by atoms with Crippen molar-refractivity contribution in [1.29, 1.82) is 31.6 Å². The average molecular weight is 215 g/mol. The van der Waals surface area contributed by atoms with Gasteiger partial charge in [0.25, 0.3) is 0 Å². The summed E-state index contributed by atoms with van der Waals surface area (Å²) in [6.07, 6.45) is 0. The predicted molar refractivity (Wildman–Crippen MR) is 29.8 cm³/mol. The van der Waals surface area contributed by atoms with Crippen LogP contribution in [0.25, 0.3) is 0 Å². The van der Waals surface area contributed by atoms with Crippen LogP contribution in [0.2, 0.25) is 0 Å². The summed E-state index contributed by atoms with van der Waals surface area (Å²) in [7, 11) is 0. The molecule has 0 bridgehead atoms. The topological polar surface area (TPSA) is 143 Å². The van der Waals surface area contributed by atoms with Gasteiger partial charge in [0.05, 0.1) is 0 Å². The first kappa shape index (κ1) is 78.8. The molecule has 0 amide bonds. The van der Waals surface area contributed by atoms with Gasteiger partial charge in [-0.3, -0.25) is 0 Å². The van der Waals surface area contributed by atoms with Crippen LogP contribution in [0.3, 0.4) is 0 Å². The number of nitrogens with zero attached hydrogens (tertiary/aromatic N) is 6. The second-order valence-corrected chi connectivity index (χ2v) is 0. The first-order chi connectivity index (χ1) is 6.00. The monoisotopic (exact) mass is 214 g/mol. The van der Waals surface area contributed by atoms with Gasteiger partial charge in [-0.25, -0.2) is 0 Å². The normalized spacial score (nSPS) is 0.923. The molecule has 0 aromatic carbocycles. The molecule has 0 aliphatic heterocycles. The van der Waals surface area contributed by atoms with Crippen molar-refractivity contribution in [3.8, 4) is 0 Å². The molecule has 0 aliphatic carbocycles. The van der Waals surface area contributed by atoms with Gasteiger partial charge in [0.1, 0.15) is 0 Å². The van der Waals surface area contributed by atoms with Crippen LogP contribution in [0.4, 0.5) is 0 Å². The van der Waals surface area contributed by atoms with Crippen molar-refractivity contribution in [2.45, 2.75) is 0 Å². The van der Waals surface area contributed by atoms with E-state index in [1.807, 2.05) is 0 Å². The molecule has 70 valence electrons. The Morgan fingerprint density at radius 2 is 0.308 bits per heavy atom. The summed E-state index contributed by atoms with van der Waals surface area (Å²) in [5, 5.41) is 37.5. The molecule has 0 radical (unpaired) electrons. The molecule has 6 nitrogen and oxygen atoms in total. The first-order valence-electron chi connectivity index (χ1n) is 1.34. The quantitative estimate of drug-likeness (QED) is 0.426. The van der Waals surface area contributed by atoms with Gasteiger partial charge < -0.3 is 71.0 Å². The molecule has 0 rings (SSSR count). The molecule has 0 fully saturated rings. The van der Waals surface area contributed by atoms with Crippen molar-refractivity contribution in [3.63, 3.8) is 0 Å². The summed E-state index contributed by atoms with van der Waals surface area (Å²) in [5.74, 6) is 0. The summed E-state index contributed by atoms with van der Waals surface area (Å²) < 4.78 is 0. The van der Waals surface area contributed by atoms with E-state index < -0.39 is 0 Å². The molecule has 0 aliphatic rings. The molecule has 0 unspecified atom stereocenters. The third-order valence-corrected chi connectivity index (χ3v) is 0. The molecule has 7 heteroatoms. The Bertz CT molecular complexity index is 92.1. The van der Waals surface area contributed by atoms with E-state index in [9.17, 15) is 0 Å². The van der Waals surface area contributed by atoms with Crippen LogP contribution in [0.15, 0.2) is 0 Å². The van der Waals surface area contributed by atoms with E-state index in [0.29, 0.717) is 0 Å². The summed E-state index contributed by atoms with van der Waals surface area (Å²) in [4.78, 5) is 0. The molecule has 0 spiro atoms. The zero-order chi connectivity index (χ0) is 12.0. The molecular weight excluding hydrogens is 215 g/mol. The van der Waals surface area contributed by atoms with Crippen LogP contribution in [-0.4, -0.2) is 0 Å². The molecule has 0 saturated heterocycles. The molecule has 0 saturated carbocycles. The number of hydrogen-bond acceptors (Lipinski definition) is 6. The third-order valence-electron chi connectivity index (χ3n) is 0. The summed E-state index contributed by atoms with van der Waals surface area (Å²) >= 11 is 0. The Morgan fingerprint density at radius 3 is 0.308 bits per heavy atom. The van der Waals surface area contributed by atoms with Gasteiger partial charge in [0.15, 0.2) is 0 Å². The fourth-order valence-electron chi connectivity index (χ4n) is 0. The fourth-order valence-corrected chi connectivity index (χ4v) is 0. The average Bonchev–Trinajstić information content (AvgIpc) is 2.33. The van der Waals surface area contributed by atoms with Crippen molar-refractivity contribution in [3.05, 3.63) is 39.4 Å². The Kier molecular flexibility index (Phi) is 617. The second-order valence-electron chi connectivity index (χ2n) is 0. The zero-order valence-corrected chi connectivity index (χ0v) is 6.99. The third kappa shape index (κ3) is 79.1. The van der Waals surface area contributed by atoms with E-state index >= 15 is 0 Å². The van der Waals surface area contributed by atoms with Crippen LogP contribution in [0.5, 0.6) is 0 Å². The van der Waals surface area contributed by atoms with E-state index in [-0.39, 0.29) is 16.5 Å². The van der Waals surface area contributed by atoms with Crippen LogP contribution < -0.4 is 0 Å². The van der Waals surface area contributed by atoms with Gasteiger partial charge >= 0.3 is 0 Å².